The van der Waals surface area contributed by atoms with E-state index in [1.54, 1.807) is 0 Å². The summed E-state index contributed by atoms with van der Waals surface area (Å²) in [6.07, 6.45) is 7.99. The fraction of sp³-hybridized carbons (Fsp3) is 0.960. The summed E-state index contributed by atoms with van der Waals surface area (Å²) in [7, 11) is 0. The molecule has 0 aromatic heterocycles. The lowest BCUT2D eigenvalue weighted by Gasteiger charge is -2.65. The maximum Gasteiger partial charge on any atom is 0.169 e. The van der Waals surface area contributed by atoms with Gasteiger partial charge in [0, 0.05) is 25.2 Å². The van der Waals surface area contributed by atoms with Crippen LogP contribution in [0.3, 0.4) is 0 Å². The van der Waals surface area contributed by atoms with E-state index in [9.17, 15) is 4.79 Å². The third-order valence-electron chi connectivity index (χ3n) is 10.8. The fourth-order valence-corrected chi connectivity index (χ4v) is 10.5. The van der Waals surface area contributed by atoms with E-state index in [2.05, 4.69) is 36.7 Å². The van der Waals surface area contributed by atoms with Crippen LogP contribution in [0.25, 0.3) is 0 Å². The van der Waals surface area contributed by atoms with Gasteiger partial charge in [0.2, 0.25) is 0 Å². The van der Waals surface area contributed by atoms with Crippen LogP contribution in [0.4, 0.5) is 0 Å². The number of carbonyl (C=O) groups excluding carboxylic acids is 1. The van der Waals surface area contributed by atoms with Crippen LogP contribution in [0.2, 0.25) is 0 Å². The van der Waals surface area contributed by atoms with E-state index in [-0.39, 0.29) is 16.7 Å². The summed E-state index contributed by atoms with van der Waals surface area (Å²) in [6.45, 7) is 9.60. The fourth-order valence-electron chi connectivity index (χ4n) is 9.27. The zero-order valence-electron chi connectivity index (χ0n) is 19.2. The molecule has 2 saturated heterocycles. The minimum Gasteiger partial charge on any atom is -0.348 e. The minimum absolute atomic E-state index is 0.0444. The predicted octanol–water partition coefficient (Wildman–Crippen LogP) is 4.85. The topological polar surface area (TPSA) is 54.0 Å². The summed E-state index contributed by atoms with van der Waals surface area (Å²) >= 11 is 4.22. The summed E-state index contributed by atoms with van der Waals surface area (Å²) in [5.74, 6) is 1.15. The number of alkyl halides is 1. The predicted molar refractivity (Wildman–Crippen MR) is 119 cm³/mol. The van der Waals surface area contributed by atoms with Crippen LogP contribution >= 0.6 is 15.9 Å². The molecule has 6 rings (SSSR count). The Morgan fingerprint density at radius 3 is 2.19 bits per heavy atom. The molecular formula is C25H37BrO5. The second kappa shape index (κ2) is 6.78. The first-order valence-electron chi connectivity index (χ1n) is 12.5. The summed E-state index contributed by atoms with van der Waals surface area (Å²) in [4.78, 5) is 14.1. The van der Waals surface area contributed by atoms with Gasteiger partial charge in [-0.25, -0.2) is 0 Å². The van der Waals surface area contributed by atoms with Gasteiger partial charge < -0.3 is 18.9 Å². The molecule has 4 saturated carbocycles. The molecule has 0 radical (unpaired) electrons. The average molecular weight is 497 g/mol. The number of hydrogen-bond donors (Lipinski definition) is 0. The number of ether oxygens (including phenoxy) is 4. The number of halogens is 1. The molecule has 6 fully saturated rings. The second-order valence-corrected chi connectivity index (χ2v) is 13.1. The van der Waals surface area contributed by atoms with Gasteiger partial charge in [0.1, 0.15) is 0 Å². The summed E-state index contributed by atoms with van der Waals surface area (Å²) in [5.41, 5.74) is -0.0912. The lowest BCUT2D eigenvalue weighted by molar-refractivity contribution is -0.229. The number of hydrogen-bond acceptors (Lipinski definition) is 5. The van der Waals surface area contributed by atoms with Crippen LogP contribution in [0.15, 0.2) is 0 Å². The Hall–Kier alpha value is -0.0100. The van der Waals surface area contributed by atoms with E-state index in [0.29, 0.717) is 56.4 Å². The molecule has 7 atom stereocenters. The molecule has 4 aliphatic carbocycles. The van der Waals surface area contributed by atoms with Gasteiger partial charge in [-0.05, 0) is 67.6 Å². The SMILES string of the molecule is CC1(C2CCC3C4CC[C@H]5CC6(CCC5(C)[C@@]4(Br)C(=O)CC32C)OCCO6)OCCO1. The maximum absolute atomic E-state index is 14.1. The molecule has 1 spiro atoms. The first-order valence-corrected chi connectivity index (χ1v) is 13.2. The molecule has 6 heteroatoms. The minimum atomic E-state index is -0.536. The molecule has 31 heavy (non-hydrogen) atoms. The number of Topliss-reactive ketones (excluding diaryl/α,β-unsaturated/α-hetero) is 1. The third kappa shape index (κ3) is 2.66. The number of fused-ring (bicyclic) bond motifs is 5. The first kappa shape index (κ1) is 21.5. The second-order valence-electron chi connectivity index (χ2n) is 11.9. The zero-order valence-corrected chi connectivity index (χ0v) is 20.8. The van der Waals surface area contributed by atoms with Crippen molar-refractivity contribution in [3.8, 4) is 0 Å². The van der Waals surface area contributed by atoms with E-state index in [0.717, 1.165) is 38.5 Å². The van der Waals surface area contributed by atoms with Gasteiger partial charge in [0.15, 0.2) is 17.4 Å². The van der Waals surface area contributed by atoms with Crippen molar-refractivity contribution in [3.05, 3.63) is 0 Å². The van der Waals surface area contributed by atoms with Crippen LogP contribution in [-0.4, -0.2) is 48.1 Å². The Kier molecular flexibility index (Phi) is 4.70. The van der Waals surface area contributed by atoms with Crippen molar-refractivity contribution in [2.75, 3.05) is 26.4 Å². The van der Waals surface area contributed by atoms with E-state index in [1.165, 1.54) is 6.42 Å². The quantitative estimate of drug-likeness (QED) is 0.485. The number of rotatable bonds is 1. The van der Waals surface area contributed by atoms with Crippen LogP contribution < -0.4 is 0 Å². The zero-order chi connectivity index (χ0) is 21.7. The highest BCUT2D eigenvalue weighted by atomic mass is 79.9. The first-order chi connectivity index (χ1) is 14.7. The summed E-state index contributed by atoms with van der Waals surface area (Å²) in [6, 6.07) is 0. The van der Waals surface area contributed by atoms with Gasteiger partial charge in [-0.3, -0.25) is 4.79 Å². The lowest BCUT2D eigenvalue weighted by Crippen LogP contribution is -2.68. The highest BCUT2D eigenvalue weighted by Crippen LogP contribution is 2.72. The van der Waals surface area contributed by atoms with Crippen LogP contribution in [0.5, 0.6) is 0 Å². The van der Waals surface area contributed by atoms with Gasteiger partial charge in [-0.15, -0.1) is 0 Å². The van der Waals surface area contributed by atoms with Gasteiger partial charge in [-0.2, -0.15) is 0 Å². The van der Waals surface area contributed by atoms with Crippen molar-refractivity contribution >= 4 is 21.7 Å². The number of carbonyl (C=O) groups is 1. The Bertz CT molecular complexity index is 774. The van der Waals surface area contributed by atoms with Crippen LogP contribution in [0, 0.1) is 34.5 Å². The van der Waals surface area contributed by atoms with E-state index >= 15 is 0 Å². The van der Waals surface area contributed by atoms with E-state index < -0.39 is 15.9 Å². The van der Waals surface area contributed by atoms with Crippen molar-refractivity contribution in [1.29, 1.82) is 0 Å². The van der Waals surface area contributed by atoms with E-state index in [4.69, 9.17) is 18.9 Å². The molecule has 0 bridgehead atoms. The Balaban J connectivity index is 1.33. The smallest absolute Gasteiger partial charge is 0.169 e. The largest absolute Gasteiger partial charge is 0.348 e. The third-order valence-corrected chi connectivity index (χ3v) is 12.7. The molecule has 6 aliphatic rings. The molecule has 5 unspecified atom stereocenters. The van der Waals surface area contributed by atoms with Crippen LogP contribution in [0.1, 0.15) is 72.1 Å². The Morgan fingerprint density at radius 1 is 0.839 bits per heavy atom. The molecule has 174 valence electrons. The van der Waals surface area contributed by atoms with Gasteiger partial charge >= 0.3 is 0 Å². The van der Waals surface area contributed by atoms with E-state index in [1.807, 2.05) is 0 Å². The van der Waals surface area contributed by atoms with Crippen molar-refractivity contribution in [3.63, 3.8) is 0 Å². The highest BCUT2D eigenvalue weighted by Gasteiger charge is 2.72. The highest BCUT2D eigenvalue weighted by molar-refractivity contribution is 9.10. The van der Waals surface area contributed by atoms with Crippen molar-refractivity contribution in [2.45, 2.75) is 88.0 Å². The van der Waals surface area contributed by atoms with Crippen molar-refractivity contribution < 1.29 is 23.7 Å². The summed E-state index contributed by atoms with van der Waals surface area (Å²) in [5, 5.41) is 0. The molecule has 5 nitrogen and oxygen atoms in total. The van der Waals surface area contributed by atoms with Crippen molar-refractivity contribution in [1.82, 2.24) is 0 Å². The average Bonchev–Trinajstić information content (AvgIpc) is 3.44. The molecule has 0 aromatic carbocycles. The summed E-state index contributed by atoms with van der Waals surface area (Å²) < 4.78 is 24.0. The van der Waals surface area contributed by atoms with Gasteiger partial charge in [0.05, 0.1) is 30.8 Å². The molecular weight excluding hydrogens is 460 g/mol. The van der Waals surface area contributed by atoms with Crippen LogP contribution in [-0.2, 0) is 23.7 Å². The Morgan fingerprint density at radius 2 is 1.48 bits per heavy atom. The molecule has 0 N–H and O–H groups in total. The monoisotopic (exact) mass is 496 g/mol. The maximum atomic E-state index is 14.1. The van der Waals surface area contributed by atoms with Gasteiger partial charge in [-0.1, -0.05) is 29.8 Å². The van der Waals surface area contributed by atoms with Gasteiger partial charge in [0.25, 0.3) is 0 Å². The Labute approximate surface area is 194 Å². The molecule has 2 aliphatic heterocycles. The lowest BCUT2D eigenvalue weighted by atomic mass is 9.43. The molecule has 2 heterocycles. The standard InChI is InChI=1S/C25H37BrO5/c1-21-15-20(27)25(26)18(17(21)6-7-19(21)23(3)28-10-11-29-23)5-4-16-14-24(30-12-13-31-24)9-8-22(16,25)2/h16-19H,4-15H2,1-3H3/t16-,17?,18?,19?,21?,22?,25-/m0/s1. The van der Waals surface area contributed by atoms with Crippen molar-refractivity contribution in [2.24, 2.45) is 34.5 Å². The molecule has 0 amide bonds. The number of ketones is 1. The molecule has 0 aromatic rings. The normalized spacial score (nSPS) is 52.7.